The Bertz CT molecular complexity index is 319. The maximum Gasteiger partial charge on any atom is 0.671 e. The molecule has 112 valence electrons. The average molecular weight is 316 g/mol. The van der Waals surface area contributed by atoms with Crippen LogP contribution in [0, 0.1) is 0 Å². The van der Waals surface area contributed by atoms with Crippen molar-refractivity contribution in [2.45, 2.75) is 38.3 Å². The van der Waals surface area contributed by atoms with Gasteiger partial charge in [0.25, 0.3) is 0 Å². The van der Waals surface area contributed by atoms with Gasteiger partial charge in [0.1, 0.15) is 0 Å². The minimum atomic E-state index is -5.84. The van der Waals surface area contributed by atoms with Crippen molar-refractivity contribution in [2.75, 3.05) is 0 Å². The zero-order chi connectivity index (χ0) is 15.2. The number of halogens is 3. The standard InChI is InChI=1S/C5H14O4Si.CHF3O3S/c1-3-5(4-2)9-10(6,7)8;2-1(3,4)8(5,6)7/h5-8H,3-4H2,1-2H3;(H,5,6,7). The van der Waals surface area contributed by atoms with Crippen molar-refractivity contribution in [1.82, 2.24) is 0 Å². The normalized spacial score (nSPS) is 13.2. The topological polar surface area (TPSA) is 124 Å². The van der Waals surface area contributed by atoms with Crippen LogP contribution in [0.5, 0.6) is 0 Å². The number of hydrogen-bond acceptors (Lipinski definition) is 6. The fourth-order valence-corrected chi connectivity index (χ4v) is 1.46. The van der Waals surface area contributed by atoms with Crippen LogP contribution in [0.2, 0.25) is 0 Å². The van der Waals surface area contributed by atoms with Gasteiger partial charge in [0.2, 0.25) is 0 Å². The summed E-state index contributed by atoms with van der Waals surface area (Å²) in [7, 11) is -10.1. The quantitative estimate of drug-likeness (QED) is 0.327. The van der Waals surface area contributed by atoms with Crippen LogP contribution in [0.4, 0.5) is 13.2 Å². The molecular formula is C6H15F3O7SSi. The van der Waals surface area contributed by atoms with E-state index in [1.54, 1.807) is 0 Å². The SMILES string of the molecule is CCC(CC)O[Si](O)(O)O.O=S(=O)(O)C(F)(F)F. The zero-order valence-corrected chi connectivity index (χ0v) is 11.4. The van der Waals surface area contributed by atoms with Crippen LogP contribution in [0.25, 0.3) is 0 Å². The fraction of sp³-hybridized carbons (Fsp3) is 1.00. The Hall–Kier alpha value is -0.243. The molecule has 0 aliphatic heterocycles. The van der Waals surface area contributed by atoms with E-state index in [9.17, 15) is 13.2 Å². The van der Waals surface area contributed by atoms with Crippen molar-refractivity contribution in [3.8, 4) is 0 Å². The summed E-state index contributed by atoms with van der Waals surface area (Å²) in [4.78, 5) is 25.4. The Morgan fingerprint density at radius 3 is 1.50 bits per heavy atom. The lowest BCUT2D eigenvalue weighted by molar-refractivity contribution is -0.0510. The van der Waals surface area contributed by atoms with Crippen molar-refractivity contribution in [2.24, 2.45) is 0 Å². The van der Waals surface area contributed by atoms with E-state index in [2.05, 4.69) is 4.43 Å². The number of hydrogen-bond donors (Lipinski definition) is 4. The van der Waals surface area contributed by atoms with Gasteiger partial charge in [0.05, 0.1) is 6.10 Å². The third kappa shape index (κ3) is 10.9. The lowest BCUT2D eigenvalue weighted by atomic mass is 10.2. The molecule has 0 unspecified atom stereocenters. The Balaban J connectivity index is 0. The summed E-state index contributed by atoms with van der Waals surface area (Å²) in [5, 5.41) is 0. The van der Waals surface area contributed by atoms with E-state index in [-0.39, 0.29) is 6.10 Å². The summed E-state index contributed by atoms with van der Waals surface area (Å²) < 4.78 is 62.1. The summed E-state index contributed by atoms with van der Waals surface area (Å²) >= 11 is 0. The molecule has 12 heteroatoms. The number of rotatable bonds is 4. The second-order valence-electron chi connectivity index (χ2n) is 3.05. The molecule has 0 rings (SSSR count). The Kier molecular flexibility index (Phi) is 8.22. The van der Waals surface area contributed by atoms with Gasteiger partial charge in [0.15, 0.2) is 0 Å². The minimum Gasteiger partial charge on any atom is -0.368 e. The molecule has 0 bridgehead atoms. The molecule has 18 heavy (non-hydrogen) atoms. The largest absolute Gasteiger partial charge is 0.671 e. The summed E-state index contributed by atoms with van der Waals surface area (Å²) in [6.45, 7) is 3.71. The monoisotopic (exact) mass is 316 g/mol. The molecule has 0 saturated carbocycles. The molecule has 4 N–H and O–H groups in total. The van der Waals surface area contributed by atoms with Crippen LogP contribution < -0.4 is 0 Å². The van der Waals surface area contributed by atoms with Gasteiger partial charge in [-0.3, -0.25) is 4.55 Å². The molecule has 0 aromatic heterocycles. The molecule has 0 aliphatic carbocycles. The molecule has 0 spiro atoms. The maximum absolute atomic E-state index is 10.7. The van der Waals surface area contributed by atoms with Crippen molar-refractivity contribution in [3.63, 3.8) is 0 Å². The van der Waals surface area contributed by atoms with E-state index in [0.29, 0.717) is 12.8 Å². The maximum atomic E-state index is 10.7. The number of alkyl halides is 3. The molecule has 0 aromatic carbocycles. The van der Waals surface area contributed by atoms with Gasteiger partial charge in [-0.15, -0.1) is 0 Å². The zero-order valence-electron chi connectivity index (χ0n) is 9.55. The second kappa shape index (κ2) is 7.37. The molecular weight excluding hydrogens is 301 g/mol. The molecule has 0 heterocycles. The third-order valence-electron chi connectivity index (χ3n) is 1.53. The van der Waals surface area contributed by atoms with Crippen LogP contribution in [0.3, 0.4) is 0 Å². The first-order valence-electron chi connectivity index (χ1n) is 4.63. The van der Waals surface area contributed by atoms with E-state index in [0.717, 1.165) is 0 Å². The lowest BCUT2D eigenvalue weighted by Gasteiger charge is -2.17. The van der Waals surface area contributed by atoms with Crippen LogP contribution in [0.15, 0.2) is 0 Å². The van der Waals surface area contributed by atoms with Crippen LogP contribution in [-0.2, 0) is 14.5 Å². The molecule has 7 nitrogen and oxygen atoms in total. The van der Waals surface area contributed by atoms with Crippen LogP contribution in [0.1, 0.15) is 26.7 Å². The predicted octanol–water partition coefficient (Wildman–Crippen LogP) is -0.00190. The smallest absolute Gasteiger partial charge is 0.368 e. The first kappa shape index (κ1) is 20.1. The first-order valence-corrected chi connectivity index (χ1v) is 7.82. The lowest BCUT2D eigenvalue weighted by Crippen LogP contribution is -2.42. The van der Waals surface area contributed by atoms with Gasteiger partial charge in [-0.1, -0.05) is 13.8 Å². The Morgan fingerprint density at radius 2 is 1.44 bits per heavy atom. The highest BCUT2D eigenvalue weighted by Crippen LogP contribution is 2.20. The van der Waals surface area contributed by atoms with E-state index in [4.69, 9.17) is 27.4 Å². The van der Waals surface area contributed by atoms with E-state index < -0.39 is 24.7 Å². The molecule has 0 aromatic rings. The highest BCUT2D eigenvalue weighted by atomic mass is 32.2. The van der Waals surface area contributed by atoms with Crippen LogP contribution >= 0.6 is 0 Å². The second-order valence-corrected chi connectivity index (χ2v) is 5.85. The fourth-order valence-electron chi connectivity index (χ4n) is 0.679. The van der Waals surface area contributed by atoms with Gasteiger partial charge in [-0.05, 0) is 12.8 Å². The van der Waals surface area contributed by atoms with Gasteiger partial charge in [-0.2, -0.15) is 21.6 Å². The molecule has 0 radical (unpaired) electrons. The van der Waals surface area contributed by atoms with Crippen molar-refractivity contribution in [1.29, 1.82) is 0 Å². The van der Waals surface area contributed by atoms with E-state index in [1.165, 1.54) is 0 Å². The summed E-state index contributed by atoms with van der Waals surface area (Å²) in [5.74, 6) is 0. The van der Waals surface area contributed by atoms with Gasteiger partial charge < -0.3 is 18.8 Å². The van der Waals surface area contributed by atoms with E-state index in [1.807, 2.05) is 13.8 Å². The molecule has 0 fully saturated rings. The summed E-state index contributed by atoms with van der Waals surface area (Å²) in [6, 6.07) is 0. The minimum absolute atomic E-state index is 0.244. The van der Waals surface area contributed by atoms with Crippen LogP contribution in [-0.4, -0.2) is 48.0 Å². The highest BCUT2D eigenvalue weighted by Gasteiger charge is 2.44. The van der Waals surface area contributed by atoms with Gasteiger partial charge in [-0.25, -0.2) is 0 Å². The van der Waals surface area contributed by atoms with Crippen molar-refractivity contribution in [3.05, 3.63) is 0 Å². The summed E-state index contributed by atoms with van der Waals surface area (Å²) in [6.07, 6.45) is 1.10. The average Bonchev–Trinajstić information content (AvgIpc) is 2.10. The van der Waals surface area contributed by atoms with Crippen molar-refractivity contribution < 1.29 is 45.0 Å². The summed E-state index contributed by atoms with van der Waals surface area (Å²) in [5.41, 5.74) is -5.53. The molecule has 0 aliphatic rings. The van der Waals surface area contributed by atoms with Crippen molar-refractivity contribution >= 4 is 19.2 Å². The predicted molar refractivity (Wildman–Crippen MR) is 55.5 cm³/mol. The Morgan fingerprint density at radius 1 is 1.17 bits per heavy atom. The third-order valence-corrected chi connectivity index (χ3v) is 2.76. The molecule has 0 atom stereocenters. The first-order chi connectivity index (χ1) is 7.74. The Labute approximate surface area is 103 Å². The van der Waals surface area contributed by atoms with Gasteiger partial charge >= 0.3 is 24.7 Å². The highest BCUT2D eigenvalue weighted by molar-refractivity contribution is 7.86. The van der Waals surface area contributed by atoms with Gasteiger partial charge in [0, 0.05) is 0 Å². The molecule has 0 saturated heterocycles. The molecule has 0 amide bonds. The van der Waals surface area contributed by atoms with E-state index >= 15 is 0 Å².